The second kappa shape index (κ2) is 6.80. The number of ether oxygens (including phenoxy) is 1. The van der Waals surface area contributed by atoms with Gasteiger partial charge in [0.25, 0.3) is 0 Å². The van der Waals surface area contributed by atoms with Gasteiger partial charge in [-0.25, -0.2) is 0 Å². The van der Waals surface area contributed by atoms with Gasteiger partial charge < -0.3 is 15.8 Å². The van der Waals surface area contributed by atoms with Crippen molar-refractivity contribution in [1.29, 1.82) is 0 Å². The van der Waals surface area contributed by atoms with Crippen molar-refractivity contribution in [3.8, 4) is 0 Å². The lowest BCUT2D eigenvalue weighted by atomic mass is 10.2. The standard InChI is InChI=1S/C8H16N2O2S/c1-6(8(9)13)10-7(11)4-3-5-12-2/h6H,3-5H2,1-2H3,(H2,9,13)(H,10,11). The van der Waals surface area contributed by atoms with Crippen LogP contribution in [0, 0.1) is 0 Å². The summed E-state index contributed by atoms with van der Waals surface area (Å²) in [7, 11) is 1.61. The molecule has 1 amide bonds. The van der Waals surface area contributed by atoms with Crippen LogP contribution >= 0.6 is 12.2 Å². The summed E-state index contributed by atoms with van der Waals surface area (Å²) in [4.78, 5) is 11.5. The number of nitrogens with two attached hydrogens (primary N) is 1. The highest BCUT2D eigenvalue weighted by Crippen LogP contribution is 1.91. The van der Waals surface area contributed by atoms with Gasteiger partial charge in [0.05, 0.1) is 11.0 Å². The van der Waals surface area contributed by atoms with E-state index in [2.05, 4.69) is 5.32 Å². The Kier molecular flexibility index (Phi) is 6.44. The molecule has 0 radical (unpaired) electrons. The first kappa shape index (κ1) is 12.3. The predicted molar refractivity (Wildman–Crippen MR) is 55.5 cm³/mol. The van der Waals surface area contributed by atoms with Crippen molar-refractivity contribution in [2.45, 2.75) is 25.8 Å². The highest BCUT2D eigenvalue weighted by atomic mass is 32.1. The van der Waals surface area contributed by atoms with Gasteiger partial charge in [0, 0.05) is 20.1 Å². The van der Waals surface area contributed by atoms with Crippen LogP contribution in [0.5, 0.6) is 0 Å². The molecule has 0 saturated heterocycles. The second-order valence-electron chi connectivity index (χ2n) is 2.79. The van der Waals surface area contributed by atoms with Crippen LogP contribution in [-0.4, -0.2) is 30.7 Å². The molecule has 76 valence electrons. The molecule has 0 fully saturated rings. The van der Waals surface area contributed by atoms with Crippen LogP contribution in [0.4, 0.5) is 0 Å². The Morgan fingerprint density at radius 3 is 2.77 bits per heavy atom. The van der Waals surface area contributed by atoms with E-state index in [1.165, 1.54) is 0 Å². The number of rotatable bonds is 6. The maximum absolute atomic E-state index is 11.2. The van der Waals surface area contributed by atoms with Gasteiger partial charge in [-0.2, -0.15) is 0 Å². The van der Waals surface area contributed by atoms with Gasteiger partial charge in [0.15, 0.2) is 0 Å². The molecule has 0 rings (SSSR count). The summed E-state index contributed by atoms with van der Waals surface area (Å²) in [6.07, 6.45) is 1.16. The Morgan fingerprint density at radius 1 is 1.69 bits per heavy atom. The van der Waals surface area contributed by atoms with Crippen molar-refractivity contribution in [2.75, 3.05) is 13.7 Å². The van der Waals surface area contributed by atoms with E-state index in [-0.39, 0.29) is 11.9 Å². The fourth-order valence-electron chi connectivity index (χ4n) is 0.762. The molecule has 0 aromatic rings. The number of hydrogen-bond acceptors (Lipinski definition) is 3. The third kappa shape index (κ3) is 6.48. The molecule has 0 bridgehead atoms. The van der Waals surface area contributed by atoms with E-state index in [0.29, 0.717) is 24.4 Å². The van der Waals surface area contributed by atoms with Crippen LogP contribution in [0.2, 0.25) is 0 Å². The van der Waals surface area contributed by atoms with Gasteiger partial charge in [0.2, 0.25) is 5.91 Å². The molecule has 5 heteroatoms. The zero-order valence-electron chi connectivity index (χ0n) is 8.00. The number of carbonyl (C=O) groups is 1. The second-order valence-corrected chi connectivity index (χ2v) is 3.26. The Morgan fingerprint density at radius 2 is 2.31 bits per heavy atom. The topological polar surface area (TPSA) is 64.3 Å². The first-order valence-electron chi connectivity index (χ1n) is 4.15. The van der Waals surface area contributed by atoms with Gasteiger partial charge in [-0.3, -0.25) is 4.79 Å². The highest BCUT2D eigenvalue weighted by molar-refractivity contribution is 7.80. The van der Waals surface area contributed by atoms with Crippen molar-refractivity contribution in [3.05, 3.63) is 0 Å². The molecular formula is C8H16N2O2S. The molecule has 0 aliphatic heterocycles. The van der Waals surface area contributed by atoms with Gasteiger partial charge >= 0.3 is 0 Å². The molecule has 3 N–H and O–H groups in total. The van der Waals surface area contributed by atoms with Crippen molar-refractivity contribution in [1.82, 2.24) is 5.32 Å². The number of amides is 1. The minimum Gasteiger partial charge on any atom is -0.392 e. The van der Waals surface area contributed by atoms with E-state index in [4.69, 9.17) is 22.7 Å². The van der Waals surface area contributed by atoms with Crippen LogP contribution in [0.3, 0.4) is 0 Å². The van der Waals surface area contributed by atoms with Crippen LogP contribution in [-0.2, 0) is 9.53 Å². The maximum Gasteiger partial charge on any atom is 0.220 e. The molecule has 4 nitrogen and oxygen atoms in total. The average Bonchev–Trinajstić information content (AvgIpc) is 2.04. The quantitative estimate of drug-likeness (QED) is 0.479. The molecule has 0 aliphatic carbocycles. The fourth-order valence-corrected chi connectivity index (χ4v) is 0.821. The molecule has 0 aliphatic rings. The Labute approximate surface area is 83.8 Å². The number of methoxy groups -OCH3 is 1. The average molecular weight is 204 g/mol. The van der Waals surface area contributed by atoms with Gasteiger partial charge in [-0.05, 0) is 13.3 Å². The molecule has 13 heavy (non-hydrogen) atoms. The number of thiocarbonyl (C=S) groups is 1. The zero-order valence-corrected chi connectivity index (χ0v) is 8.82. The van der Waals surface area contributed by atoms with Crippen LogP contribution in [0.25, 0.3) is 0 Å². The first-order chi connectivity index (χ1) is 6.07. The molecular weight excluding hydrogens is 188 g/mol. The van der Waals surface area contributed by atoms with Crippen molar-refractivity contribution in [2.24, 2.45) is 5.73 Å². The monoisotopic (exact) mass is 204 g/mol. The SMILES string of the molecule is COCCCC(=O)NC(C)C(N)=S. The Hall–Kier alpha value is -0.680. The summed E-state index contributed by atoms with van der Waals surface area (Å²) >= 11 is 4.71. The number of carbonyl (C=O) groups excluding carboxylic acids is 1. The third-order valence-electron chi connectivity index (χ3n) is 1.56. The smallest absolute Gasteiger partial charge is 0.220 e. The maximum atomic E-state index is 11.2. The Balaban J connectivity index is 3.56. The van der Waals surface area contributed by atoms with Crippen molar-refractivity contribution < 1.29 is 9.53 Å². The summed E-state index contributed by atoms with van der Waals surface area (Å²) in [6.45, 7) is 2.35. The zero-order chi connectivity index (χ0) is 10.3. The van der Waals surface area contributed by atoms with E-state index >= 15 is 0 Å². The van der Waals surface area contributed by atoms with Gasteiger partial charge in [-0.15, -0.1) is 0 Å². The van der Waals surface area contributed by atoms with E-state index in [9.17, 15) is 4.79 Å². The van der Waals surface area contributed by atoms with Crippen LogP contribution < -0.4 is 11.1 Å². The molecule has 0 spiro atoms. The minimum absolute atomic E-state index is 0.0441. The summed E-state index contributed by atoms with van der Waals surface area (Å²) in [5.74, 6) is -0.0441. The van der Waals surface area contributed by atoms with E-state index in [1.54, 1.807) is 14.0 Å². The summed E-state index contributed by atoms with van der Waals surface area (Å²) in [5, 5.41) is 2.68. The third-order valence-corrected chi connectivity index (χ3v) is 1.91. The summed E-state index contributed by atoms with van der Waals surface area (Å²) < 4.78 is 4.81. The lowest BCUT2D eigenvalue weighted by Crippen LogP contribution is -2.41. The van der Waals surface area contributed by atoms with Crippen LogP contribution in [0.1, 0.15) is 19.8 Å². The van der Waals surface area contributed by atoms with Gasteiger partial charge in [-0.1, -0.05) is 12.2 Å². The van der Waals surface area contributed by atoms with Crippen molar-refractivity contribution >= 4 is 23.1 Å². The van der Waals surface area contributed by atoms with E-state index < -0.39 is 0 Å². The molecule has 1 unspecified atom stereocenters. The van der Waals surface area contributed by atoms with Gasteiger partial charge in [0.1, 0.15) is 0 Å². The molecule has 0 saturated carbocycles. The largest absolute Gasteiger partial charge is 0.392 e. The number of nitrogens with one attached hydrogen (secondary N) is 1. The lowest BCUT2D eigenvalue weighted by molar-refractivity contribution is -0.121. The highest BCUT2D eigenvalue weighted by Gasteiger charge is 2.08. The molecule has 1 atom stereocenters. The number of hydrogen-bond donors (Lipinski definition) is 2. The molecule has 0 aromatic heterocycles. The summed E-state index contributed by atoms with van der Waals surface area (Å²) in [5.41, 5.74) is 5.33. The molecule has 0 heterocycles. The first-order valence-corrected chi connectivity index (χ1v) is 4.56. The fraction of sp³-hybridized carbons (Fsp3) is 0.750. The predicted octanol–water partition coefficient (Wildman–Crippen LogP) is 0.204. The normalized spacial score (nSPS) is 12.2. The lowest BCUT2D eigenvalue weighted by Gasteiger charge is -2.11. The van der Waals surface area contributed by atoms with Crippen LogP contribution in [0.15, 0.2) is 0 Å². The minimum atomic E-state index is -0.231. The Bertz CT molecular complexity index is 185. The summed E-state index contributed by atoms with van der Waals surface area (Å²) in [6, 6.07) is -0.231. The molecule has 0 aromatic carbocycles. The van der Waals surface area contributed by atoms with E-state index in [0.717, 1.165) is 0 Å². The van der Waals surface area contributed by atoms with Crippen molar-refractivity contribution in [3.63, 3.8) is 0 Å². The van der Waals surface area contributed by atoms with E-state index in [1.807, 2.05) is 0 Å².